The number of hydrogen-bond acceptors (Lipinski definition) is 3. The predicted octanol–water partition coefficient (Wildman–Crippen LogP) is 2.22. The monoisotopic (exact) mass is 199 g/mol. The largest absolute Gasteiger partial charge is 0.399 e. The lowest BCUT2D eigenvalue weighted by atomic mass is 10.0. The first-order valence-electron chi connectivity index (χ1n) is 4.74. The van der Waals surface area contributed by atoms with Gasteiger partial charge in [0.2, 0.25) is 0 Å². The van der Waals surface area contributed by atoms with Crippen LogP contribution in [0.25, 0.3) is 11.1 Å². The number of nitrogens with two attached hydrogens (primary N) is 2. The average molecular weight is 199 g/mol. The van der Waals surface area contributed by atoms with Crippen LogP contribution in [0.15, 0.2) is 36.7 Å². The standard InChI is InChI=1S/C12H13N3/c1-8-4-5-15-7-11(8)10-6-9(13)2-3-12(10)14/h2-7H,13-14H2,1H3. The van der Waals surface area contributed by atoms with Gasteiger partial charge in [-0.15, -0.1) is 0 Å². The number of hydrogen-bond donors (Lipinski definition) is 2. The van der Waals surface area contributed by atoms with Crippen LogP contribution in [0.2, 0.25) is 0 Å². The summed E-state index contributed by atoms with van der Waals surface area (Å²) in [6.07, 6.45) is 3.57. The van der Waals surface area contributed by atoms with Gasteiger partial charge in [0.1, 0.15) is 0 Å². The predicted molar refractivity (Wildman–Crippen MR) is 63.2 cm³/mol. The molecule has 3 nitrogen and oxygen atoms in total. The number of rotatable bonds is 1. The van der Waals surface area contributed by atoms with Crippen LogP contribution in [0.5, 0.6) is 0 Å². The molecule has 2 rings (SSSR count). The quantitative estimate of drug-likeness (QED) is 0.692. The molecule has 15 heavy (non-hydrogen) atoms. The van der Waals surface area contributed by atoms with E-state index in [1.165, 1.54) is 0 Å². The van der Waals surface area contributed by atoms with Gasteiger partial charge in [0.15, 0.2) is 0 Å². The van der Waals surface area contributed by atoms with Crippen LogP contribution in [-0.4, -0.2) is 4.98 Å². The summed E-state index contributed by atoms with van der Waals surface area (Å²) in [4.78, 5) is 4.10. The maximum atomic E-state index is 5.91. The lowest BCUT2D eigenvalue weighted by molar-refractivity contribution is 1.29. The maximum absolute atomic E-state index is 5.91. The minimum absolute atomic E-state index is 0.711. The number of nitrogen functional groups attached to an aromatic ring is 2. The maximum Gasteiger partial charge on any atom is 0.0395 e. The van der Waals surface area contributed by atoms with Gasteiger partial charge in [0, 0.05) is 34.9 Å². The average Bonchev–Trinajstić information content (AvgIpc) is 2.23. The second-order valence-electron chi connectivity index (χ2n) is 3.54. The Morgan fingerprint density at radius 1 is 1.07 bits per heavy atom. The molecule has 0 aliphatic carbocycles. The van der Waals surface area contributed by atoms with Crippen LogP contribution in [0, 0.1) is 6.92 Å². The fourth-order valence-electron chi connectivity index (χ4n) is 1.55. The van der Waals surface area contributed by atoms with Gasteiger partial charge in [0.25, 0.3) is 0 Å². The lowest BCUT2D eigenvalue weighted by Crippen LogP contribution is -1.94. The summed E-state index contributed by atoms with van der Waals surface area (Å²) in [6.45, 7) is 2.03. The number of aromatic nitrogens is 1. The Hall–Kier alpha value is -2.03. The Kier molecular flexibility index (Phi) is 2.29. The molecular formula is C12H13N3. The summed E-state index contributed by atoms with van der Waals surface area (Å²) in [5.74, 6) is 0. The van der Waals surface area contributed by atoms with Crippen molar-refractivity contribution in [2.24, 2.45) is 0 Å². The Bertz CT molecular complexity index is 492. The van der Waals surface area contributed by atoms with E-state index in [9.17, 15) is 0 Å². The van der Waals surface area contributed by atoms with E-state index in [2.05, 4.69) is 4.98 Å². The smallest absolute Gasteiger partial charge is 0.0395 e. The molecule has 4 N–H and O–H groups in total. The van der Waals surface area contributed by atoms with Crippen LogP contribution in [0.3, 0.4) is 0 Å². The van der Waals surface area contributed by atoms with Crippen LogP contribution >= 0.6 is 0 Å². The Labute approximate surface area is 88.8 Å². The van der Waals surface area contributed by atoms with Crippen molar-refractivity contribution >= 4 is 11.4 Å². The van der Waals surface area contributed by atoms with Crippen molar-refractivity contribution < 1.29 is 0 Å². The zero-order chi connectivity index (χ0) is 10.8. The van der Waals surface area contributed by atoms with Gasteiger partial charge in [0.05, 0.1) is 0 Å². The first-order valence-corrected chi connectivity index (χ1v) is 4.74. The molecule has 0 spiro atoms. The molecule has 0 saturated carbocycles. The highest BCUT2D eigenvalue weighted by Crippen LogP contribution is 2.29. The number of anilines is 2. The second-order valence-corrected chi connectivity index (χ2v) is 3.54. The molecule has 1 aromatic heterocycles. The topological polar surface area (TPSA) is 64.9 Å². The summed E-state index contributed by atoms with van der Waals surface area (Å²) < 4.78 is 0. The minimum Gasteiger partial charge on any atom is -0.399 e. The van der Waals surface area contributed by atoms with Crippen molar-refractivity contribution in [3.63, 3.8) is 0 Å². The summed E-state index contributed by atoms with van der Waals surface area (Å²) in [5.41, 5.74) is 16.2. The molecule has 0 radical (unpaired) electrons. The van der Waals surface area contributed by atoms with Gasteiger partial charge in [-0.25, -0.2) is 0 Å². The molecule has 0 unspecified atom stereocenters. The molecule has 0 fully saturated rings. The van der Waals surface area contributed by atoms with Crippen LogP contribution in [-0.2, 0) is 0 Å². The molecule has 76 valence electrons. The molecule has 0 aliphatic heterocycles. The van der Waals surface area contributed by atoms with E-state index in [-0.39, 0.29) is 0 Å². The van der Waals surface area contributed by atoms with Gasteiger partial charge in [-0.05, 0) is 36.8 Å². The summed E-state index contributed by atoms with van der Waals surface area (Å²) in [6, 6.07) is 7.44. The first kappa shape index (κ1) is 9.52. The van der Waals surface area contributed by atoms with Gasteiger partial charge in [-0.3, -0.25) is 4.98 Å². The van der Waals surface area contributed by atoms with Crippen molar-refractivity contribution in [3.05, 3.63) is 42.2 Å². The lowest BCUT2D eigenvalue weighted by Gasteiger charge is -2.08. The molecular weight excluding hydrogens is 186 g/mol. The van der Waals surface area contributed by atoms with Gasteiger partial charge < -0.3 is 11.5 Å². The molecule has 3 heteroatoms. The van der Waals surface area contributed by atoms with E-state index in [1.807, 2.05) is 25.1 Å². The molecule has 0 bridgehead atoms. The molecule has 0 atom stereocenters. The molecule has 0 saturated heterocycles. The third-order valence-corrected chi connectivity index (χ3v) is 2.41. The number of pyridine rings is 1. The normalized spacial score (nSPS) is 10.2. The number of nitrogens with zero attached hydrogens (tertiary/aromatic N) is 1. The highest BCUT2D eigenvalue weighted by molar-refractivity contribution is 5.80. The summed E-state index contributed by atoms with van der Waals surface area (Å²) >= 11 is 0. The SMILES string of the molecule is Cc1ccncc1-c1cc(N)ccc1N. The molecule has 0 amide bonds. The molecule has 1 heterocycles. The van der Waals surface area contributed by atoms with Crippen molar-refractivity contribution in [3.8, 4) is 11.1 Å². The Morgan fingerprint density at radius 3 is 2.60 bits per heavy atom. The van der Waals surface area contributed by atoms with E-state index in [4.69, 9.17) is 11.5 Å². The molecule has 2 aromatic rings. The second kappa shape index (κ2) is 3.61. The highest BCUT2D eigenvalue weighted by atomic mass is 14.6. The van der Waals surface area contributed by atoms with E-state index in [0.717, 1.165) is 22.4 Å². The highest BCUT2D eigenvalue weighted by Gasteiger charge is 2.05. The van der Waals surface area contributed by atoms with Crippen LogP contribution in [0.4, 0.5) is 11.4 Å². The first-order chi connectivity index (χ1) is 7.18. The Morgan fingerprint density at radius 2 is 1.87 bits per heavy atom. The fourth-order valence-corrected chi connectivity index (χ4v) is 1.55. The molecule has 0 aliphatic rings. The van der Waals surface area contributed by atoms with Crippen molar-refractivity contribution in [2.45, 2.75) is 6.92 Å². The zero-order valence-electron chi connectivity index (χ0n) is 8.57. The minimum atomic E-state index is 0.711. The van der Waals surface area contributed by atoms with Crippen molar-refractivity contribution in [2.75, 3.05) is 11.5 Å². The van der Waals surface area contributed by atoms with Crippen LogP contribution < -0.4 is 11.5 Å². The fraction of sp³-hybridized carbons (Fsp3) is 0.0833. The summed E-state index contributed by atoms with van der Waals surface area (Å²) in [7, 11) is 0. The van der Waals surface area contributed by atoms with E-state index in [1.54, 1.807) is 18.5 Å². The summed E-state index contributed by atoms with van der Waals surface area (Å²) in [5, 5.41) is 0. The van der Waals surface area contributed by atoms with Crippen LogP contribution in [0.1, 0.15) is 5.56 Å². The zero-order valence-corrected chi connectivity index (χ0v) is 8.57. The number of benzene rings is 1. The van der Waals surface area contributed by atoms with E-state index >= 15 is 0 Å². The van der Waals surface area contributed by atoms with Gasteiger partial charge >= 0.3 is 0 Å². The van der Waals surface area contributed by atoms with Crippen molar-refractivity contribution in [1.82, 2.24) is 4.98 Å². The Balaban J connectivity index is 2.64. The van der Waals surface area contributed by atoms with E-state index in [0.29, 0.717) is 5.69 Å². The van der Waals surface area contributed by atoms with Gasteiger partial charge in [-0.1, -0.05) is 0 Å². The third-order valence-electron chi connectivity index (χ3n) is 2.41. The molecule has 1 aromatic carbocycles. The van der Waals surface area contributed by atoms with Gasteiger partial charge in [-0.2, -0.15) is 0 Å². The van der Waals surface area contributed by atoms with Crippen molar-refractivity contribution in [1.29, 1.82) is 0 Å². The van der Waals surface area contributed by atoms with E-state index < -0.39 is 0 Å². The number of aryl methyl sites for hydroxylation is 1. The third kappa shape index (κ3) is 1.76.